The highest BCUT2D eigenvalue weighted by Gasteiger charge is 2.31. The van der Waals surface area contributed by atoms with Gasteiger partial charge in [0.2, 0.25) is 0 Å². The Bertz CT molecular complexity index is 1060. The fraction of sp³-hybridized carbons (Fsp3) is 0.407. The minimum atomic E-state index is -0.298. The molecule has 174 valence electrons. The van der Waals surface area contributed by atoms with Crippen molar-refractivity contribution in [3.8, 4) is 5.75 Å². The highest BCUT2D eigenvalue weighted by molar-refractivity contribution is 5.83. The van der Waals surface area contributed by atoms with Crippen LogP contribution in [0.1, 0.15) is 30.4 Å². The zero-order valence-electron chi connectivity index (χ0n) is 19.2. The van der Waals surface area contributed by atoms with Crippen LogP contribution < -0.4 is 4.74 Å². The van der Waals surface area contributed by atoms with E-state index in [1.807, 2.05) is 54.7 Å². The maximum absolute atomic E-state index is 12.5. The Morgan fingerprint density at radius 3 is 2.79 bits per heavy atom. The van der Waals surface area contributed by atoms with E-state index in [9.17, 15) is 9.90 Å². The van der Waals surface area contributed by atoms with Crippen LogP contribution >= 0.6 is 0 Å². The van der Waals surface area contributed by atoms with Crippen molar-refractivity contribution in [2.75, 3.05) is 26.8 Å². The van der Waals surface area contributed by atoms with Crippen LogP contribution in [0.3, 0.4) is 0 Å². The van der Waals surface area contributed by atoms with Crippen molar-refractivity contribution < 1.29 is 19.4 Å². The van der Waals surface area contributed by atoms with Crippen molar-refractivity contribution in [2.45, 2.75) is 32.3 Å². The number of methoxy groups -OCH3 is 1. The second-order valence-electron chi connectivity index (χ2n) is 8.72. The number of pyridine rings is 1. The molecule has 2 heterocycles. The first-order valence-electron chi connectivity index (χ1n) is 11.7. The lowest BCUT2D eigenvalue weighted by atomic mass is 9.82. The van der Waals surface area contributed by atoms with E-state index >= 15 is 0 Å². The minimum Gasteiger partial charge on any atom is -0.497 e. The summed E-state index contributed by atoms with van der Waals surface area (Å²) < 4.78 is 10.9. The zero-order chi connectivity index (χ0) is 23.0. The molecule has 1 aromatic heterocycles. The number of nitrogens with zero attached hydrogens (tertiary/aromatic N) is 2. The molecule has 1 aliphatic heterocycles. The lowest BCUT2D eigenvalue weighted by Gasteiger charge is -2.37. The molecular formula is C27H32N2O4. The number of aliphatic hydroxyl groups excluding tert-OH is 1. The van der Waals surface area contributed by atoms with E-state index in [4.69, 9.17) is 9.47 Å². The summed E-state index contributed by atoms with van der Waals surface area (Å²) in [6, 6.07) is 17.7. The molecule has 0 unspecified atom stereocenters. The van der Waals surface area contributed by atoms with Gasteiger partial charge in [0.1, 0.15) is 12.4 Å². The van der Waals surface area contributed by atoms with Gasteiger partial charge in [0.05, 0.1) is 12.6 Å². The van der Waals surface area contributed by atoms with Crippen molar-refractivity contribution in [1.29, 1.82) is 0 Å². The predicted molar refractivity (Wildman–Crippen MR) is 128 cm³/mol. The predicted octanol–water partition coefficient (Wildman–Crippen LogP) is 4.83. The SMILES string of the molecule is COc1ccc2nccc(CCC[C@@H]3CCN(C(=O)OCc4ccccc4)C[C@@H]3CO)c2c1. The summed E-state index contributed by atoms with van der Waals surface area (Å²) in [5.74, 6) is 1.32. The number of carbonyl (C=O) groups is 1. The van der Waals surface area contributed by atoms with E-state index in [2.05, 4.69) is 11.1 Å². The van der Waals surface area contributed by atoms with Gasteiger partial charge >= 0.3 is 6.09 Å². The standard InChI is InChI=1S/C27H32N2O4/c1-32-24-10-11-26-25(16-24)22(12-14-28-26)9-5-8-21-13-15-29(17-23(21)18-30)27(31)33-19-20-6-3-2-4-7-20/h2-4,6-7,10-12,14,16,21,23,30H,5,8-9,13,15,17-19H2,1H3/t21-,23-/m1/s1. The van der Waals surface area contributed by atoms with Gasteiger partial charge in [-0.1, -0.05) is 30.3 Å². The first-order chi connectivity index (χ1) is 16.2. The van der Waals surface area contributed by atoms with Gasteiger partial charge in [-0.2, -0.15) is 0 Å². The quantitative estimate of drug-likeness (QED) is 0.534. The van der Waals surface area contributed by atoms with Crippen LogP contribution in [0, 0.1) is 11.8 Å². The summed E-state index contributed by atoms with van der Waals surface area (Å²) in [5.41, 5.74) is 3.21. The van der Waals surface area contributed by atoms with Crippen LogP contribution in [0.5, 0.6) is 5.75 Å². The summed E-state index contributed by atoms with van der Waals surface area (Å²) in [7, 11) is 1.68. The first-order valence-corrected chi connectivity index (χ1v) is 11.7. The number of piperidine rings is 1. The minimum absolute atomic E-state index is 0.0808. The van der Waals surface area contributed by atoms with Gasteiger partial charge in [-0.05, 0) is 67.0 Å². The van der Waals surface area contributed by atoms with E-state index in [0.29, 0.717) is 19.0 Å². The molecule has 2 aromatic carbocycles. The fourth-order valence-electron chi connectivity index (χ4n) is 4.73. The molecule has 0 radical (unpaired) electrons. The smallest absolute Gasteiger partial charge is 0.410 e. The molecule has 1 amide bonds. The Labute approximate surface area is 195 Å². The first kappa shape index (κ1) is 23.1. The molecular weight excluding hydrogens is 416 g/mol. The lowest BCUT2D eigenvalue weighted by molar-refractivity contribution is 0.0444. The Morgan fingerprint density at radius 1 is 1.15 bits per heavy atom. The van der Waals surface area contributed by atoms with E-state index in [-0.39, 0.29) is 25.2 Å². The van der Waals surface area contributed by atoms with Crippen molar-refractivity contribution >= 4 is 17.0 Å². The molecule has 33 heavy (non-hydrogen) atoms. The molecule has 0 spiro atoms. The zero-order valence-corrected chi connectivity index (χ0v) is 19.2. The van der Waals surface area contributed by atoms with E-state index < -0.39 is 0 Å². The van der Waals surface area contributed by atoms with Gasteiger partial charge in [-0.3, -0.25) is 4.98 Å². The molecule has 6 nitrogen and oxygen atoms in total. The molecule has 2 atom stereocenters. The van der Waals surface area contributed by atoms with Crippen molar-refractivity contribution in [3.63, 3.8) is 0 Å². The van der Waals surface area contributed by atoms with Crippen LogP contribution in [-0.4, -0.2) is 47.9 Å². The maximum Gasteiger partial charge on any atom is 0.410 e. The Morgan fingerprint density at radius 2 is 2.00 bits per heavy atom. The molecule has 1 saturated heterocycles. The third kappa shape index (κ3) is 5.82. The monoisotopic (exact) mass is 448 g/mol. The van der Waals surface area contributed by atoms with Crippen LogP contribution in [0.15, 0.2) is 60.8 Å². The fourth-order valence-corrected chi connectivity index (χ4v) is 4.73. The number of carbonyl (C=O) groups excluding carboxylic acids is 1. The van der Waals surface area contributed by atoms with Crippen molar-refractivity contribution in [3.05, 3.63) is 71.9 Å². The average Bonchev–Trinajstić information content (AvgIpc) is 2.87. The number of amides is 1. The molecule has 0 aliphatic carbocycles. The van der Waals surface area contributed by atoms with Crippen LogP contribution in [0.25, 0.3) is 10.9 Å². The van der Waals surface area contributed by atoms with Gasteiger partial charge in [-0.25, -0.2) is 4.79 Å². The molecule has 1 aliphatic rings. The third-order valence-corrected chi connectivity index (χ3v) is 6.65. The Balaban J connectivity index is 1.29. The van der Waals surface area contributed by atoms with Crippen LogP contribution in [0.2, 0.25) is 0 Å². The molecule has 0 bridgehead atoms. The number of aryl methyl sites for hydroxylation is 1. The average molecular weight is 449 g/mol. The second kappa shape index (κ2) is 11.1. The van der Waals surface area contributed by atoms with E-state index in [1.165, 1.54) is 5.56 Å². The number of ether oxygens (including phenoxy) is 2. The molecule has 1 fully saturated rings. The van der Waals surface area contributed by atoms with Gasteiger partial charge < -0.3 is 19.5 Å². The van der Waals surface area contributed by atoms with Gasteiger partial charge in [0.25, 0.3) is 0 Å². The Kier molecular flexibility index (Phi) is 7.79. The van der Waals surface area contributed by atoms with E-state index in [0.717, 1.165) is 47.9 Å². The van der Waals surface area contributed by atoms with Gasteiger partial charge in [-0.15, -0.1) is 0 Å². The number of aromatic nitrogens is 1. The van der Waals surface area contributed by atoms with Crippen LogP contribution in [0.4, 0.5) is 4.79 Å². The number of benzene rings is 2. The molecule has 4 rings (SSSR count). The number of likely N-dealkylation sites (tertiary alicyclic amines) is 1. The number of fused-ring (bicyclic) bond motifs is 1. The van der Waals surface area contributed by atoms with Gasteiger partial charge in [0.15, 0.2) is 0 Å². The van der Waals surface area contributed by atoms with Crippen molar-refractivity contribution in [2.24, 2.45) is 11.8 Å². The number of rotatable bonds is 8. The summed E-state index contributed by atoms with van der Waals surface area (Å²) in [4.78, 5) is 18.7. The normalized spacial score (nSPS) is 18.3. The molecule has 0 saturated carbocycles. The van der Waals surface area contributed by atoms with E-state index in [1.54, 1.807) is 12.0 Å². The highest BCUT2D eigenvalue weighted by atomic mass is 16.6. The number of hydrogen-bond acceptors (Lipinski definition) is 5. The molecule has 3 aromatic rings. The maximum atomic E-state index is 12.5. The van der Waals surface area contributed by atoms with Crippen LogP contribution in [-0.2, 0) is 17.8 Å². The summed E-state index contributed by atoms with van der Waals surface area (Å²) in [6.45, 7) is 1.57. The highest BCUT2D eigenvalue weighted by Crippen LogP contribution is 2.30. The summed E-state index contributed by atoms with van der Waals surface area (Å²) in [6.07, 6.45) is 5.44. The summed E-state index contributed by atoms with van der Waals surface area (Å²) >= 11 is 0. The Hall–Kier alpha value is -3.12. The second-order valence-corrected chi connectivity index (χ2v) is 8.72. The lowest BCUT2D eigenvalue weighted by Crippen LogP contribution is -2.45. The molecule has 1 N–H and O–H groups in total. The van der Waals surface area contributed by atoms with Gasteiger partial charge in [0, 0.05) is 37.2 Å². The number of hydrogen-bond donors (Lipinski definition) is 1. The largest absolute Gasteiger partial charge is 0.497 e. The van der Waals surface area contributed by atoms with Crippen molar-refractivity contribution in [1.82, 2.24) is 9.88 Å². The third-order valence-electron chi connectivity index (χ3n) is 6.65. The topological polar surface area (TPSA) is 71.9 Å². The number of aliphatic hydroxyl groups is 1. The summed E-state index contributed by atoms with van der Waals surface area (Å²) in [5, 5.41) is 11.1. The molecule has 6 heteroatoms.